The van der Waals surface area contributed by atoms with Gasteiger partial charge in [-0.1, -0.05) is 32.1 Å². The van der Waals surface area contributed by atoms with E-state index in [0.29, 0.717) is 11.8 Å². The summed E-state index contributed by atoms with van der Waals surface area (Å²) in [6.45, 7) is 4.32. The molecule has 0 N–H and O–H groups in total. The number of allylic oxidation sites excluding steroid dienone is 2. The van der Waals surface area contributed by atoms with Crippen molar-refractivity contribution in [3.05, 3.63) is 41.5 Å². The Balaban J connectivity index is 2.25. The Morgan fingerprint density at radius 2 is 1.72 bits per heavy atom. The van der Waals surface area contributed by atoms with Crippen LogP contribution in [-0.2, 0) is 6.18 Å². The molecule has 0 amide bonds. The molecule has 0 saturated carbocycles. The van der Waals surface area contributed by atoms with Crippen molar-refractivity contribution in [3.63, 3.8) is 0 Å². The van der Waals surface area contributed by atoms with E-state index in [2.05, 4.69) is 19.9 Å². The van der Waals surface area contributed by atoms with Crippen LogP contribution in [-0.4, -0.2) is 0 Å². The lowest BCUT2D eigenvalue weighted by Crippen LogP contribution is -2.08. The summed E-state index contributed by atoms with van der Waals surface area (Å²) in [5, 5.41) is 0. The summed E-state index contributed by atoms with van der Waals surface area (Å²) < 4.78 is 37.5. The van der Waals surface area contributed by atoms with E-state index >= 15 is 0 Å². The quantitative estimate of drug-likeness (QED) is 0.684. The number of rotatable bonds is 2. The fraction of sp³-hybridized carbons (Fsp3) is 0.467. The van der Waals surface area contributed by atoms with Gasteiger partial charge in [0.1, 0.15) is 0 Å². The van der Waals surface area contributed by atoms with Gasteiger partial charge in [0, 0.05) is 0 Å². The van der Waals surface area contributed by atoms with Crippen LogP contribution in [0, 0.1) is 11.8 Å². The standard InChI is InChI=1S/C15H17F3/c1-10(2)13-4-3-5-14(13)11-6-8-12(9-7-11)15(16,17)18/h5-10,13H,3-4H2,1-2H3/t13-/m0/s1. The van der Waals surface area contributed by atoms with E-state index in [4.69, 9.17) is 0 Å². The van der Waals surface area contributed by atoms with Crippen molar-refractivity contribution in [2.75, 3.05) is 0 Å². The van der Waals surface area contributed by atoms with Crippen molar-refractivity contribution in [2.45, 2.75) is 32.9 Å². The number of hydrogen-bond donors (Lipinski definition) is 0. The Morgan fingerprint density at radius 3 is 2.22 bits per heavy atom. The van der Waals surface area contributed by atoms with Crippen LogP contribution in [0.2, 0.25) is 0 Å². The molecule has 1 aliphatic rings. The largest absolute Gasteiger partial charge is 0.416 e. The normalized spacial score (nSPS) is 20.3. The molecule has 3 heteroatoms. The van der Waals surface area contributed by atoms with E-state index in [1.165, 1.54) is 17.7 Å². The first-order chi connectivity index (χ1) is 8.39. The predicted octanol–water partition coefficient (Wildman–Crippen LogP) is 5.15. The fourth-order valence-corrected chi connectivity index (χ4v) is 2.60. The first kappa shape index (κ1) is 13.2. The Morgan fingerprint density at radius 1 is 1.11 bits per heavy atom. The molecule has 0 unspecified atom stereocenters. The van der Waals surface area contributed by atoms with Crippen molar-refractivity contribution in [2.24, 2.45) is 11.8 Å². The van der Waals surface area contributed by atoms with E-state index in [1.54, 1.807) is 12.1 Å². The number of benzene rings is 1. The summed E-state index contributed by atoms with van der Waals surface area (Å²) in [4.78, 5) is 0. The molecule has 0 saturated heterocycles. The van der Waals surface area contributed by atoms with Gasteiger partial charge in [-0.15, -0.1) is 0 Å². The van der Waals surface area contributed by atoms with Crippen LogP contribution in [0.3, 0.4) is 0 Å². The minimum atomic E-state index is -4.25. The Hall–Kier alpha value is -1.25. The molecule has 1 aromatic rings. The summed E-state index contributed by atoms with van der Waals surface area (Å²) in [7, 11) is 0. The maximum absolute atomic E-state index is 12.5. The summed E-state index contributed by atoms with van der Waals surface area (Å²) in [6, 6.07) is 5.53. The third-order valence-electron chi connectivity index (χ3n) is 3.59. The zero-order valence-electron chi connectivity index (χ0n) is 10.6. The van der Waals surface area contributed by atoms with Gasteiger partial charge in [-0.05, 0) is 47.9 Å². The Kier molecular flexibility index (Phi) is 3.51. The average molecular weight is 254 g/mol. The number of alkyl halides is 3. The highest BCUT2D eigenvalue weighted by Gasteiger charge is 2.30. The molecule has 0 nitrogen and oxygen atoms in total. The zero-order valence-corrected chi connectivity index (χ0v) is 10.6. The van der Waals surface area contributed by atoms with Crippen LogP contribution in [0.5, 0.6) is 0 Å². The lowest BCUT2D eigenvalue weighted by Gasteiger charge is -2.19. The molecule has 1 aromatic carbocycles. The van der Waals surface area contributed by atoms with Gasteiger partial charge in [-0.2, -0.15) is 13.2 Å². The molecule has 1 aliphatic carbocycles. The van der Waals surface area contributed by atoms with Crippen molar-refractivity contribution in [3.8, 4) is 0 Å². The van der Waals surface area contributed by atoms with E-state index < -0.39 is 11.7 Å². The van der Waals surface area contributed by atoms with E-state index in [1.807, 2.05) is 0 Å². The highest BCUT2D eigenvalue weighted by molar-refractivity contribution is 5.69. The first-order valence-electron chi connectivity index (χ1n) is 6.27. The van der Waals surface area contributed by atoms with Crippen molar-refractivity contribution in [1.82, 2.24) is 0 Å². The second kappa shape index (κ2) is 4.79. The molecule has 18 heavy (non-hydrogen) atoms. The second-order valence-corrected chi connectivity index (χ2v) is 5.16. The van der Waals surface area contributed by atoms with Gasteiger partial charge in [-0.3, -0.25) is 0 Å². The molecule has 0 radical (unpaired) electrons. The van der Waals surface area contributed by atoms with Crippen LogP contribution >= 0.6 is 0 Å². The third kappa shape index (κ3) is 2.60. The van der Waals surface area contributed by atoms with Crippen molar-refractivity contribution >= 4 is 5.57 Å². The highest BCUT2D eigenvalue weighted by Crippen LogP contribution is 2.39. The van der Waals surface area contributed by atoms with Crippen LogP contribution in [0.4, 0.5) is 13.2 Å². The topological polar surface area (TPSA) is 0 Å². The fourth-order valence-electron chi connectivity index (χ4n) is 2.60. The van der Waals surface area contributed by atoms with Crippen molar-refractivity contribution in [1.29, 1.82) is 0 Å². The summed E-state index contributed by atoms with van der Waals surface area (Å²) in [5.74, 6) is 1.00. The van der Waals surface area contributed by atoms with Gasteiger partial charge >= 0.3 is 6.18 Å². The minimum absolute atomic E-state index is 0.474. The lowest BCUT2D eigenvalue weighted by atomic mass is 9.86. The Labute approximate surface area is 106 Å². The van der Waals surface area contributed by atoms with E-state index in [-0.39, 0.29) is 0 Å². The van der Waals surface area contributed by atoms with Gasteiger partial charge in [0.05, 0.1) is 5.56 Å². The smallest absolute Gasteiger partial charge is 0.166 e. The van der Waals surface area contributed by atoms with Gasteiger partial charge in [0.25, 0.3) is 0 Å². The van der Waals surface area contributed by atoms with E-state index in [9.17, 15) is 13.2 Å². The van der Waals surface area contributed by atoms with Gasteiger partial charge < -0.3 is 0 Å². The average Bonchev–Trinajstić information content (AvgIpc) is 2.77. The first-order valence-corrected chi connectivity index (χ1v) is 6.27. The molecule has 0 bridgehead atoms. The maximum Gasteiger partial charge on any atom is 0.416 e. The van der Waals surface area contributed by atoms with Crippen LogP contribution < -0.4 is 0 Å². The summed E-state index contributed by atoms with van der Waals surface area (Å²) >= 11 is 0. The molecule has 0 aliphatic heterocycles. The Bertz CT molecular complexity index is 438. The highest BCUT2D eigenvalue weighted by atomic mass is 19.4. The number of hydrogen-bond acceptors (Lipinski definition) is 0. The molecule has 2 rings (SSSR count). The molecule has 0 fully saturated rings. The minimum Gasteiger partial charge on any atom is -0.166 e. The van der Waals surface area contributed by atoms with Crippen molar-refractivity contribution < 1.29 is 13.2 Å². The monoisotopic (exact) mass is 254 g/mol. The summed E-state index contributed by atoms with van der Waals surface area (Å²) in [5.41, 5.74) is 1.56. The zero-order chi connectivity index (χ0) is 13.3. The maximum atomic E-state index is 12.5. The molecule has 0 spiro atoms. The van der Waals surface area contributed by atoms with Crippen LogP contribution in [0.25, 0.3) is 5.57 Å². The van der Waals surface area contributed by atoms with Gasteiger partial charge in [-0.25, -0.2) is 0 Å². The molecule has 1 atom stereocenters. The number of halogens is 3. The molecule has 0 heterocycles. The molecular formula is C15H17F3. The van der Waals surface area contributed by atoms with Crippen LogP contribution in [0.1, 0.15) is 37.8 Å². The lowest BCUT2D eigenvalue weighted by molar-refractivity contribution is -0.137. The van der Waals surface area contributed by atoms with E-state index in [0.717, 1.165) is 18.4 Å². The van der Waals surface area contributed by atoms with Crippen LogP contribution in [0.15, 0.2) is 30.3 Å². The molecule has 98 valence electrons. The molecular weight excluding hydrogens is 237 g/mol. The third-order valence-corrected chi connectivity index (χ3v) is 3.59. The second-order valence-electron chi connectivity index (χ2n) is 5.16. The van der Waals surface area contributed by atoms with Gasteiger partial charge in [0.2, 0.25) is 0 Å². The summed E-state index contributed by atoms with van der Waals surface area (Å²) in [6.07, 6.45) is 0.0422. The molecule has 0 aromatic heterocycles. The predicted molar refractivity (Wildman–Crippen MR) is 67.0 cm³/mol. The van der Waals surface area contributed by atoms with Gasteiger partial charge in [0.15, 0.2) is 0 Å². The SMILES string of the molecule is CC(C)[C@@H]1CCC=C1c1ccc(C(F)(F)F)cc1.